The number of aliphatic hydroxyl groups is 1. The molecule has 0 spiro atoms. The van der Waals surface area contributed by atoms with Gasteiger partial charge < -0.3 is 5.11 Å². The summed E-state index contributed by atoms with van der Waals surface area (Å²) in [7, 11) is 0. The third-order valence-electron chi connectivity index (χ3n) is 3.05. The van der Waals surface area contributed by atoms with Gasteiger partial charge in [0, 0.05) is 11.1 Å². The number of nitrogens with zero attached hydrogens (tertiary/aromatic N) is 1. The fourth-order valence-electron chi connectivity index (χ4n) is 1.95. The number of hydrogen-bond donors (Lipinski definition) is 1. The van der Waals surface area contributed by atoms with E-state index in [0.29, 0.717) is 5.92 Å². The van der Waals surface area contributed by atoms with Gasteiger partial charge in [-0.2, -0.15) is 0 Å². The molecule has 1 aliphatic carbocycles. The lowest BCUT2D eigenvalue weighted by atomic mass is 9.84. The first-order valence-electron chi connectivity index (χ1n) is 5.48. The van der Waals surface area contributed by atoms with Crippen LogP contribution in [0.15, 0.2) is 17.5 Å². The summed E-state index contributed by atoms with van der Waals surface area (Å²) in [6, 6.07) is 0. The van der Waals surface area contributed by atoms with Gasteiger partial charge in [-0.25, -0.2) is 4.98 Å². The van der Waals surface area contributed by atoms with E-state index in [4.69, 9.17) is 0 Å². The van der Waals surface area contributed by atoms with Gasteiger partial charge in [0.25, 0.3) is 0 Å². The molecule has 1 heterocycles. The van der Waals surface area contributed by atoms with E-state index in [9.17, 15) is 5.11 Å². The highest BCUT2D eigenvalue weighted by Crippen LogP contribution is 2.36. The van der Waals surface area contributed by atoms with Crippen molar-refractivity contribution < 1.29 is 5.11 Å². The summed E-state index contributed by atoms with van der Waals surface area (Å²) in [5, 5.41) is 13.3. The van der Waals surface area contributed by atoms with E-state index in [1.807, 2.05) is 18.4 Å². The molecule has 2 rings (SSSR count). The minimum atomic E-state index is -0.801. The first-order chi connectivity index (χ1) is 7.14. The van der Waals surface area contributed by atoms with Crippen molar-refractivity contribution in [3.63, 3.8) is 0 Å². The molecule has 82 valence electrons. The van der Waals surface area contributed by atoms with E-state index < -0.39 is 5.60 Å². The predicted molar refractivity (Wildman–Crippen MR) is 62.9 cm³/mol. The summed E-state index contributed by atoms with van der Waals surface area (Å²) in [6.45, 7) is 4.15. The molecular weight excluding hydrogens is 206 g/mol. The Labute approximate surface area is 94.7 Å². The van der Waals surface area contributed by atoms with Crippen LogP contribution in [0.1, 0.15) is 36.9 Å². The Morgan fingerprint density at radius 1 is 1.67 bits per heavy atom. The van der Waals surface area contributed by atoms with Gasteiger partial charge in [0.05, 0.1) is 0 Å². The van der Waals surface area contributed by atoms with E-state index in [0.717, 1.165) is 30.0 Å². The van der Waals surface area contributed by atoms with E-state index in [1.165, 1.54) is 0 Å². The van der Waals surface area contributed by atoms with Crippen LogP contribution in [-0.4, -0.2) is 10.1 Å². The van der Waals surface area contributed by atoms with Gasteiger partial charge >= 0.3 is 0 Å². The summed E-state index contributed by atoms with van der Waals surface area (Å²) >= 11 is 1.55. The van der Waals surface area contributed by atoms with Crippen molar-refractivity contribution in [2.75, 3.05) is 0 Å². The van der Waals surface area contributed by atoms with Crippen LogP contribution in [0.3, 0.4) is 0 Å². The maximum Gasteiger partial charge on any atom is 0.134 e. The fourth-order valence-corrected chi connectivity index (χ4v) is 2.86. The minimum absolute atomic E-state index is 0.631. The Morgan fingerprint density at radius 3 is 2.93 bits per heavy atom. The van der Waals surface area contributed by atoms with Crippen molar-refractivity contribution in [2.24, 2.45) is 5.92 Å². The number of allylic oxidation sites excluding steroid dienone is 1. The Balaban J connectivity index is 2.22. The molecule has 2 unspecified atom stereocenters. The molecular formula is C12H17NOS. The van der Waals surface area contributed by atoms with Crippen molar-refractivity contribution in [1.82, 2.24) is 4.98 Å². The normalized spacial score (nSPS) is 30.7. The first kappa shape index (κ1) is 10.8. The second-order valence-corrected chi connectivity index (χ2v) is 5.14. The molecule has 0 saturated carbocycles. The van der Waals surface area contributed by atoms with Crippen LogP contribution >= 0.6 is 11.3 Å². The SMILES string of the molecule is CCC1C=CC(O)(c2nc(C)cs2)CC1. The minimum Gasteiger partial charge on any atom is -0.379 e. The molecule has 1 aliphatic rings. The molecule has 0 amide bonds. The third kappa shape index (κ3) is 2.13. The van der Waals surface area contributed by atoms with Gasteiger partial charge in [-0.1, -0.05) is 13.0 Å². The van der Waals surface area contributed by atoms with Gasteiger partial charge in [-0.05, 0) is 38.2 Å². The monoisotopic (exact) mass is 223 g/mol. The Kier molecular flexibility index (Phi) is 2.94. The van der Waals surface area contributed by atoms with E-state index in [2.05, 4.69) is 18.0 Å². The predicted octanol–water partition coefficient (Wildman–Crippen LogP) is 3.02. The zero-order valence-electron chi connectivity index (χ0n) is 9.23. The van der Waals surface area contributed by atoms with Crippen LogP contribution in [0.5, 0.6) is 0 Å². The fraction of sp³-hybridized carbons (Fsp3) is 0.583. The average Bonchev–Trinajstić information content (AvgIpc) is 2.67. The number of aromatic nitrogens is 1. The van der Waals surface area contributed by atoms with Crippen molar-refractivity contribution in [2.45, 2.75) is 38.7 Å². The summed E-state index contributed by atoms with van der Waals surface area (Å²) in [4.78, 5) is 4.37. The molecule has 0 aromatic carbocycles. The van der Waals surface area contributed by atoms with Crippen LogP contribution in [-0.2, 0) is 5.60 Å². The molecule has 1 aromatic heterocycles. The molecule has 3 heteroatoms. The largest absolute Gasteiger partial charge is 0.379 e. The zero-order chi connectivity index (χ0) is 10.9. The highest BCUT2D eigenvalue weighted by atomic mass is 32.1. The molecule has 0 bridgehead atoms. The average molecular weight is 223 g/mol. The van der Waals surface area contributed by atoms with Gasteiger partial charge in [0.2, 0.25) is 0 Å². The lowest BCUT2D eigenvalue weighted by molar-refractivity contribution is 0.0656. The second kappa shape index (κ2) is 4.06. The van der Waals surface area contributed by atoms with Gasteiger partial charge in [0.15, 0.2) is 0 Å². The molecule has 2 atom stereocenters. The smallest absolute Gasteiger partial charge is 0.134 e. The van der Waals surface area contributed by atoms with Crippen LogP contribution in [0, 0.1) is 12.8 Å². The quantitative estimate of drug-likeness (QED) is 0.782. The second-order valence-electron chi connectivity index (χ2n) is 4.28. The summed E-state index contributed by atoms with van der Waals surface area (Å²) in [5.41, 5.74) is 0.194. The molecule has 15 heavy (non-hydrogen) atoms. The maximum absolute atomic E-state index is 10.4. The van der Waals surface area contributed by atoms with Crippen molar-refractivity contribution >= 4 is 11.3 Å². The van der Waals surface area contributed by atoms with Crippen molar-refractivity contribution in [3.05, 3.63) is 28.2 Å². The zero-order valence-corrected chi connectivity index (χ0v) is 10.0. The van der Waals surface area contributed by atoms with Crippen LogP contribution < -0.4 is 0 Å². The highest BCUT2D eigenvalue weighted by Gasteiger charge is 2.32. The Hall–Kier alpha value is -0.670. The Bertz CT molecular complexity index is 371. The van der Waals surface area contributed by atoms with Gasteiger partial charge in [-0.3, -0.25) is 0 Å². The van der Waals surface area contributed by atoms with E-state index in [-0.39, 0.29) is 0 Å². The molecule has 2 nitrogen and oxygen atoms in total. The van der Waals surface area contributed by atoms with E-state index >= 15 is 0 Å². The van der Waals surface area contributed by atoms with Gasteiger partial charge in [-0.15, -0.1) is 11.3 Å². The number of thiazole rings is 1. The number of rotatable bonds is 2. The molecule has 1 N–H and O–H groups in total. The molecule has 0 fully saturated rings. The van der Waals surface area contributed by atoms with Crippen molar-refractivity contribution in [3.8, 4) is 0 Å². The number of hydrogen-bond acceptors (Lipinski definition) is 3. The van der Waals surface area contributed by atoms with Crippen molar-refractivity contribution in [1.29, 1.82) is 0 Å². The maximum atomic E-state index is 10.4. The standard InChI is InChI=1S/C12H17NOS/c1-3-10-4-6-12(14,7-5-10)11-13-9(2)8-15-11/h4,6,8,10,14H,3,5,7H2,1-2H3. The molecule has 0 radical (unpaired) electrons. The van der Waals surface area contributed by atoms with Crippen LogP contribution in [0.4, 0.5) is 0 Å². The first-order valence-corrected chi connectivity index (χ1v) is 6.36. The lowest BCUT2D eigenvalue weighted by Crippen LogP contribution is -2.27. The van der Waals surface area contributed by atoms with E-state index in [1.54, 1.807) is 11.3 Å². The third-order valence-corrected chi connectivity index (χ3v) is 4.18. The highest BCUT2D eigenvalue weighted by molar-refractivity contribution is 7.09. The molecule has 1 aromatic rings. The summed E-state index contributed by atoms with van der Waals surface area (Å²) in [5.74, 6) is 0.631. The Morgan fingerprint density at radius 2 is 2.47 bits per heavy atom. The van der Waals surface area contributed by atoms with Crippen LogP contribution in [0.25, 0.3) is 0 Å². The molecule has 0 saturated heterocycles. The lowest BCUT2D eigenvalue weighted by Gasteiger charge is -2.28. The van der Waals surface area contributed by atoms with Gasteiger partial charge in [0.1, 0.15) is 10.6 Å². The number of aryl methyl sites for hydroxylation is 1. The summed E-state index contributed by atoms with van der Waals surface area (Å²) in [6.07, 6.45) is 7.09. The summed E-state index contributed by atoms with van der Waals surface area (Å²) < 4.78 is 0. The van der Waals surface area contributed by atoms with Crippen LogP contribution in [0.2, 0.25) is 0 Å². The topological polar surface area (TPSA) is 33.1 Å². The molecule has 0 aliphatic heterocycles.